The van der Waals surface area contributed by atoms with Crippen molar-refractivity contribution in [1.82, 2.24) is 15.0 Å². The molecule has 2 aromatic rings. The van der Waals surface area contributed by atoms with Crippen molar-refractivity contribution in [3.05, 3.63) is 39.6 Å². The Labute approximate surface area is 131 Å². The second kappa shape index (κ2) is 6.85. The first kappa shape index (κ1) is 15.0. The van der Waals surface area contributed by atoms with Crippen LogP contribution in [0.5, 0.6) is 0 Å². The van der Waals surface area contributed by atoms with Crippen LogP contribution >= 0.6 is 27.5 Å². The van der Waals surface area contributed by atoms with E-state index in [0.29, 0.717) is 18.4 Å². The van der Waals surface area contributed by atoms with Gasteiger partial charge in [-0.05, 0) is 36.2 Å². The number of anilines is 2. The molecule has 0 saturated heterocycles. The summed E-state index contributed by atoms with van der Waals surface area (Å²) in [7, 11) is 1.92. The van der Waals surface area contributed by atoms with Crippen LogP contribution in [0.15, 0.2) is 28.7 Å². The van der Waals surface area contributed by atoms with Crippen LogP contribution in [0.25, 0.3) is 0 Å². The van der Waals surface area contributed by atoms with Crippen molar-refractivity contribution in [3.63, 3.8) is 0 Å². The van der Waals surface area contributed by atoms with Crippen LogP contribution in [0.2, 0.25) is 5.28 Å². The number of aromatic nitrogens is 3. The number of rotatable bonds is 5. The molecule has 0 aliphatic heterocycles. The summed E-state index contributed by atoms with van der Waals surface area (Å²) in [6, 6.07) is 8.10. The largest absolute Gasteiger partial charge is 0.354 e. The molecule has 0 saturated carbocycles. The lowest BCUT2D eigenvalue weighted by atomic mass is 10.2. The van der Waals surface area contributed by atoms with E-state index in [1.54, 1.807) is 0 Å². The van der Waals surface area contributed by atoms with Gasteiger partial charge in [0, 0.05) is 24.6 Å². The van der Waals surface area contributed by atoms with E-state index in [1.165, 1.54) is 0 Å². The second-order valence-corrected chi connectivity index (χ2v) is 5.50. The summed E-state index contributed by atoms with van der Waals surface area (Å²) in [5, 5.41) is 3.22. The topological polar surface area (TPSA) is 53.9 Å². The minimum Gasteiger partial charge on any atom is -0.354 e. The molecule has 7 heteroatoms. The molecule has 20 heavy (non-hydrogen) atoms. The summed E-state index contributed by atoms with van der Waals surface area (Å²) >= 11 is 9.38. The van der Waals surface area contributed by atoms with Crippen LogP contribution < -0.4 is 10.2 Å². The summed E-state index contributed by atoms with van der Waals surface area (Å²) in [6.45, 7) is 3.39. The third-order valence-corrected chi connectivity index (χ3v) is 3.24. The van der Waals surface area contributed by atoms with Gasteiger partial charge in [-0.1, -0.05) is 28.1 Å². The van der Waals surface area contributed by atoms with Crippen molar-refractivity contribution in [2.45, 2.75) is 13.5 Å². The quantitative estimate of drug-likeness (QED) is 0.890. The first-order valence-corrected chi connectivity index (χ1v) is 7.36. The average Bonchev–Trinajstić information content (AvgIpc) is 2.38. The summed E-state index contributed by atoms with van der Waals surface area (Å²) in [5.74, 6) is 1.03. The number of nitrogens with zero attached hydrogens (tertiary/aromatic N) is 4. The Morgan fingerprint density at radius 2 is 2.10 bits per heavy atom. The van der Waals surface area contributed by atoms with Gasteiger partial charge in [0.15, 0.2) is 0 Å². The Balaban J connectivity index is 2.18. The Kier molecular flexibility index (Phi) is 5.14. The summed E-state index contributed by atoms with van der Waals surface area (Å²) < 4.78 is 1.05. The number of hydrogen-bond donors (Lipinski definition) is 1. The zero-order valence-corrected chi connectivity index (χ0v) is 13.6. The minimum absolute atomic E-state index is 0.187. The standard InChI is InChI=1S/C13H15BrClN5/c1-3-16-12-17-11(15)18-13(19-12)20(2)8-9-5-4-6-10(14)7-9/h4-7H,3,8H2,1-2H3,(H,16,17,18,19). The first-order valence-electron chi connectivity index (χ1n) is 6.19. The maximum atomic E-state index is 5.92. The van der Waals surface area contributed by atoms with E-state index < -0.39 is 0 Å². The highest BCUT2D eigenvalue weighted by atomic mass is 79.9. The van der Waals surface area contributed by atoms with Gasteiger partial charge in [0.1, 0.15) is 0 Å². The lowest BCUT2D eigenvalue weighted by molar-refractivity contribution is 0.852. The van der Waals surface area contributed by atoms with Gasteiger partial charge >= 0.3 is 0 Å². The van der Waals surface area contributed by atoms with E-state index in [4.69, 9.17) is 11.6 Å². The molecule has 0 atom stereocenters. The molecule has 1 N–H and O–H groups in total. The predicted molar refractivity (Wildman–Crippen MR) is 85.2 cm³/mol. The van der Waals surface area contributed by atoms with Gasteiger partial charge in [-0.25, -0.2) is 0 Å². The first-order chi connectivity index (χ1) is 9.58. The maximum Gasteiger partial charge on any atom is 0.231 e. The van der Waals surface area contributed by atoms with Gasteiger partial charge in [-0.2, -0.15) is 15.0 Å². The molecule has 0 bridgehead atoms. The molecule has 1 heterocycles. The fraction of sp³-hybridized carbons (Fsp3) is 0.308. The third kappa shape index (κ3) is 4.05. The molecule has 0 spiro atoms. The SMILES string of the molecule is CCNc1nc(Cl)nc(N(C)Cc2cccc(Br)c2)n1. The van der Waals surface area contributed by atoms with Crippen LogP contribution in [0.1, 0.15) is 12.5 Å². The Morgan fingerprint density at radius 3 is 2.80 bits per heavy atom. The molecular weight excluding hydrogens is 342 g/mol. The lowest BCUT2D eigenvalue weighted by Gasteiger charge is -2.17. The van der Waals surface area contributed by atoms with Gasteiger partial charge in [-0.3, -0.25) is 0 Å². The number of nitrogens with one attached hydrogen (secondary N) is 1. The normalized spacial score (nSPS) is 10.4. The summed E-state index contributed by atoms with van der Waals surface area (Å²) in [6.07, 6.45) is 0. The van der Waals surface area contributed by atoms with Gasteiger partial charge in [-0.15, -0.1) is 0 Å². The van der Waals surface area contributed by atoms with Gasteiger partial charge in [0.25, 0.3) is 0 Å². The predicted octanol–water partition coefficient (Wildman–Crippen LogP) is 3.36. The van der Waals surface area contributed by atoms with Crippen LogP contribution in [0.3, 0.4) is 0 Å². The highest BCUT2D eigenvalue weighted by Gasteiger charge is 2.09. The van der Waals surface area contributed by atoms with Crippen LogP contribution in [-0.2, 0) is 6.54 Å². The Hall–Kier alpha value is -1.40. The van der Waals surface area contributed by atoms with Crippen LogP contribution in [-0.4, -0.2) is 28.5 Å². The van der Waals surface area contributed by atoms with Gasteiger partial charge in [0.2, 0.25) is 17.2 Å². The molecule has 1 aromatic heterocycles. The molecule has 0 aliphatic carbocycles. The zero-order chi connectivity index (χ0) is 14.5. The number of halogens is 2. The van der Waals surface area contributed by atoms with Crippen LogP contribution in [0, 0.1) is 0 Å². The molecule has 2 rings (SSSR count). The fourth-order valence-electron chi connectivity index (χ4n) is 1.73. The van der Waals surface area contributed by atoms with E-state index in [-0.39, 0.29) is 5.28 Å². The molecule has 0 amide bonds. The minimum atomic E-state index is 0.187. The van der Waals surface area contributed by atoms with Crippen molar-refractivity contribution >= 4 is 39.4 Å². The van der Waals surface area contributed by atoms with Crippen molar-refractivity contribution in [3.8, 4) is 0 Å². The smallest absolute Gasteiger partial charge is 0.231 e. The number of benzene rings is 1. The van der Waals surface area contributed by atoms with E-state index in [2.05, 4.69) is 48.3 Å². The third-order valence-electron chi connectivity index (χ3n) is 2.58. The summed E-state index contributed by atoms with van der Waals surface area (Å²) in [4.78, 5) is 14.4. The molecule has 5 nitrogen and oxygen atoms in total. The highest BCUT2D eigenvalue weighted by molar-refractivity contribution is 9.10. The number of hydrogen-bond acceptors (Lipinski definition) is 5. The van der Waals surface area contributed by atoms with Crippen molar-refractivity contribution < 1.29 is 0 Å². The molecule has 0 radical (unpaired) electrons. The van der Waals surface area contributed by atoms with E-state index >= 15 is 0 Å². The van der Waals surface area contributed by atoms with E-state index in [0.717, 1.165) is 16.6 Å². The van der Waals surface area contributed by atoms with E-state index in [1.807, 2.05) is 31.0 Å². The highest BCUT2D eigenvalue weighted by Crippen LogP contribution is 2.17. The maximum absolute atomic E-state index is 5.92. The average molecular weight is 357 g/mol. The Bertz CT molecular complexity index is 593. The fourth-order valence-corrected chi connectivity index (χ4v) is 2.33. The Morgan fingerprint density at radius 1 is 1.30 bits per heavy atom. The monoisotopic (exact) mass is 355 g/mol. The molecular formula is C13H15BrClN5. The molecule has 0 fully saturated rings. The molecule has 106 valence electrons. The van der Waals surface area contributed by atoms with Gasteiger partial charge in [0.05, 0.1) is 0 Å². The summed E-state index contributed by atoms with van der Waals surface area (Å²) in [5.41, 5.74) is 1.16. The molecule has 0 aliphatic rings. The van der Waals surface area contributed by atoms with Crippen LogP contribution in [0.4, 0.5) is 11.9 Å². The van der Waals surface area contributed by atoms with E-state index in [9.17, 15) is 0 Å². The van der Waals surface area contributed by atoms with Crippen molar-refractivity contribution in [2.75, 3.05) is 23.8 Å². The zero-order valence-electron chi connectivity index (χ0n) is 11.3. The van der Waals surface area contributed by atoms with Crippen molar-refractivity contribution in [1.29, 1.82) is 0 Å². The second-order valence-electron chi connectivity index (χ2n) is 4.24. The van der Waals surface area contributed by atoms with Crippen molar-refractivity contribution in [2.24, 2.45) is 0 Å². The lowest BCUT2D eigenvalue weighted by Crippen LogP contribution is -2.20. The molecule has 1 aromatic carbocycles. The molecule has 0 unspecified atom stereocenters. The van der Waals surface area contributed by atoms with Gasteiger partial charge < -0.3 is 10.2 Å².